The molecule has 0 saturated heterocycles. The van der Waals surface area contributed by atoms with Gasteiger partial charge in [0.05, 0.1) is 0 Å². The first kappa shape index (κ1) is 13.2. The fraction of sp³-hybridized carbons (Fsp3) is 0.188. The molecular weight excluding hydrogens is 270 g/mol. The maximum Gasteiger partial charge on any atom is 0.0472 e. The number of aromatic nitrogens is 2. The van der Waals surface area contributed by atoms with Crippen molar-refractivity contribution >= 4 is 22.5 Å². The van der Waals surface area contributed by atoms with Crippen LogP contribution in [0.2, 0.25) is 5.02 Å². The Hall–Kier alpha value is -1.84. The molecule has 0 aliphatic heterocycles. The monoisotopic (exact) mass is 285 g/mol. The summed E-state index contributed by atoms with van der Waals surface area (Å²) in [5.41, 5.74) is 3.56. The van der Waals surface area contributed by atoms with Crippen molar-refractivity contribution in [3.63, 3.8) is 0 Å². The van der Waals surface area contributed by atoms with E-state index in [1.54, 1.807) is 0 Å². The lowest BCUT2D eigenvalue weighted by molar-refractivity contribution is 0.576. The van der Waals surface area contributed by atoms with Crippen LogP contribution in [-0.2, 0) is 6.54 Å². The summed E-state index contributed by atoms with van der Waals surface area (Å²) in [6.07, 6.45) is 5.68. The Morgan fingerprint density at radius 3 is 2.85 bits per heavy atom. The van der Waals surface area contributed by atoms with E-state index >= 15 is 0 Å². The van der Waals surface area contributed by atoms with Gasteiger partial charge in [-0.1, -0.05) is 17.7 Å². The number of rotatable bonds is 4. The third-order valence-corrected chi connectivity index (χ3v) is 3.77. The molecule has 1 atom stereocenters. The van der Waals surface area contributed by atoms with Crippen molar-refractivity contribution in [1.82, 2.24) is 15.3 Å². The number of H-pyrrole nitrogens is 1. The van der Waals surface area contributed by atoms with Gasteiger partial charge in [-0.15, -0.1) is 0 Å². The number of nitrogens with one attached hydrogen (secondary N) is 2. The van der Waals surface area contributed by atoms with Gasteiger partial charge in [0.15, 0.2) is 0 Å². The maximum atomic E-state index is 5.99. The molecule has 4 heteroatoms. The molecule has 20 heavy (non-hydrogen) atoms. The molecule has 0 radical (unpaired) electrons. The first-order chi connectivity index (χ1) is 9.74. The third-order valence-electron chi connectivity index (χ3n) is 3.53. The zero-order valence-electron chi connectivity index (χ0n) is 11.2. The van der Waals surface area contributed by atoms with Crippen molar-refractivity contribution in [2.75, 3.05) is 0 Å². The van der Waals surface area contributed by atoms with E-state index in [9.17, 15) is 0 Å². The van der Waals surface area contributed by atoms with Crippen LogP contribution in [0.3, 0.4) is 0 Å². The molecule has 0 amide bonds. The largest absolute Gasteiger partial charge is 0.361 e. The number of hydrogen-bond acceptors (Lipinski definition) is 2. The zero-order chi connectivity index (χ0) is 13.9. The fourth-order valence-corrected chi connectivity index (χ4v) is 2.51. The van der Waals surface area contributed by atoms with Gasteiger partial charge in [0.1, 0.15) is 0 Å². The quantitative estimate of drug-likeness (QED) is 0.759. The molecule has 1 aromatic carbocycles. The van der Waals surface area contributed by atoms with E-state index in [2.05, 4.69) is 28.3 Å². The fourth-order valence-electron chi connectivity index (χ4n) is 2.34. The summed E-state index contributed by atoms with van der Waals surface area (Å²) in [5, 5.41) is 5.49. The highest BCUT2D eigenvalue weighted by atomic mass is 35.5. The average molecular weight is 286 g/mol. The molecule has 2 aromatic heterocycles. The van der Waals surface area contributed by atoms with Crippen LogP contribution in [0.4, 0.5) is 0 Å². The SMILES string of the molecule is C[C@H](NCc1c[nH]c2cc(Cl)ccc12)c1ccncc1. The van der Waals surface area contributed by atoms with E-state index in [1.807, 2.05) is 42.9 Å². The Morgan fingerprint density at radius 2 is 2.05 bits per heavy atom. The number of pyridine rings is 1. The summed E-state index contributed by atoms with van der Waals surface area (Å²) >= 11 is 5.99. The normalized spacial score (nSPS) is 12.7. The summed E-state index contributed by atoms with van der Waals surface area (Å²) < 4.78 is 0. The molecule has 0 spiro atoms. The standard InChI is InChI=1S/C16H16ClN3/c1-11(12-4-6-18-7-5-12)19-9-13-10-20-16-8-14(17)2-3-15(13)16/h2-8,10-11,19-20H,9H2,1H3/t11-/m0/s1. The Labute approximate surface area is 123 Å². The van der Waals surface area contributed by atoms with E-state index in [-0.39, 0.29) is 6.04 Å². The lowest BCUT2D eigenvalue weighted by Crippen LogP contribution is -2.17. The minimum atomic E-state index is 0.287. The average Bonchev–Trinajstić information content (AvgIpc) is 2.88. The van der Waals surface area contributed by atoms with Crippen molar-refractivity contribution in [3.8, 4) is 0 Å². The van der Waals surface area contributed by atoms with E-state index in [0.29, 0.717) is 0 Å². The maximum absolute atomic E-state index is 5.99. The van der Waals surface area contributed by atoms with Gasteiger partial charge in [0.2, 0.25) is 0 Å². The summed E-state index contributed by atoms with van der Waals surface area (Å²) in [7, 11) is 0. The number of fused-ring (bicyclic) bond motifs is 1. The van der Waals surface area contributed by atoms with Gasteiger partial charge in [-0.25, -0.2) is 0 Å². The number of nitrogens with zero attached hydrogens (tertiary/aromatic N) is 1. The summed E-state index contributed by atoms with van der Waals surface area (Å²) in [6.45, 7) is 2.96. The molecule has 3 nitrogen and oxygen atoms in total. The van der Waals surface area contributed by atoms with E-state index in [4.69, 9.17) is 11.6 Å². The molecule has 0 fully saturated rings. The Bertz CT molecular complexity index is 706. The number of benzene rings is 1. The first-order valence-electron chi connectivity index (χ1n) is 6.63. The molecule has 3 aromatic rings. The molecule has 3 rings (SSSR count). The van der Waals surface area contributed by atoms with Crippen LogP contribution in [0.1, 0.15) is 24.1 Å². The predicted molar refractivity (Wildman–Crippen MR) is 82.8 cm³/mol. The molecule has 102 valence electrons. The van der Waals surface area contributed by atoms with Gasteiger partial charge in [-0.2, -0.15) is 0 Å². The minimum absolute atomic E-state index is 0.287. The molecule has 2 heterocycles. The molecule has 0 saturated carbocycles. The number of hydrogen-bond donors (Lipinski definition) is 2. The van der Waals surface area contributed by atoms with Gasteiger partial charge in [-0.3, -0.25) is 4.98 Å². The predicted octanol–water partition coefficient (Wildman–Crippen LogP) is 4.07. The van der Waals surface area contributed by atoms with E-state index < -0.39 is 0 Å². The highest BCUT2D eigenvalue weighted by Crippen LogP contribution is 2.22. The zero-order valence-corrected chi connectivity index (χ0v) is 12.0. The van der Waals surface area contributed by atoms with Crippen molar-refractivity contribution in [3.05, 3.63) is 65.1 Å². The molecule has 0 unspecified atom stereocenters. The molecule has 0 aliphatic carbocycles. The lowest BCUT2D eigenvalue weighted by atomic mass is 10.1. The lowest BCUT2D eigenvalue weighted by Gasteiger charge is -2.13. The highest BCUT2D eigenvalue weighted by molar-refractivity contribution is 6.31. The molecule has 2 N–H and O–H groups in total. The molecule has 0 aliphatic rings. The van der Waals surface area contributed by atoms with Crippen molar-refractivity contribution in [2.24, 2.45) is 0 Å². The Kier molecular flexibility index (Phi) is 3.72. The van der Waals surface area contributed by atoms with Crippen molar-refractivity contribution in [1.29, 1.82) is 0 Å². The molecular formula is C16H16ClN3. The van der Waals surface area contributed by atoms with Crippen molar-refractivity contribution < 1.29 is 0 Å². The second kappa shape index (κ2) is 5.65. The van der Waals surface area contributed by atoms with Crippen LogP contribution in [0, 0.1) is 0 Å². The Morgan fingerprint density at radius 1 is 1.25 bits per heavy atom. The van der Waals surface area contributed by atoms with Crippen LogP contribution in [0.5, 0.6) is 0 Å². The van der Waals surface area contributed by atoms with Gasteiger partial charge in [-0.05, 0) is 42.3 Å². The second-order valence-electron chi connectivity index (χ2n) is 4.89. The minimum Gasteiger partial charge on any atom is -0.361 e. The van der Waals surface area contributed by atoms with Crippen LogP contribution in [-0.4, -0.2) is 9.97 Å². The first-order valence-corrected chi connectivity index (χ1v) is 7.00. The summed E-state index contributed by atoms with van der Waals surface area (Å²) in [6, 6.07) is 10.3. The van der Waals surface area contributed by atoms with E-state index in [0.717, 1.165) is 17.1 Å². The van der Waals surface area contributed by atoms with Gasteiger partial charge in [0, 0.05) is 47.1 Å². The highest BCUT2D eigenvalue weighted by Gasteiger charge is 2.07. The summed E-state index contributed by atoms with van der Waals surface area (Å²) in [5.74, 6) is 0. The third kappa shape index (κ3) is 2.69. The summed E-state index contributed by atoms with van der Waals surface area (Å²) in [4.78, 5) is 7.30. The molecule has 0 bridgehead atoms. The number of halogens is 1. The van der Waals surface area contributed by atoms with E-state index in [1.165, 1.54) is 16.5 Å². The van der Waals surface area contributed by atoms with Gasteiger partial charge < -0.3 is 10.3 Å². The second-order valence-corrected chi connectivity index (χ2v) is 5.32. The van der Waals surface area contributed by atoms with Gasteiger partial charge in [0.25, 0.3) is 0 Å². The van der Waals surface area contributed by atoms with Crippen LogP contribution >= 0.6 is 11.6 Å². The van der Waals surface area contributed by atoms with Crippen LogP contribution in [0.15, 0.2) is 48.9 Å². The topological polar surface area (TPSA) is 40.7 Å². The number of aromatic amines is 1. The smallest absolute Gasteiger partial charge is 0.0472 e. The van der Waals surface area contributed by atoms with Crippen molar-refractivity contribution in [2.45, 2.75) is 19.5 Å². The Balaban J connectivity index is 1.74. The van der Waals surface area contributed by atoms with Crippen LogP contribution < -0.4 is 5.32 Å². The van der Waals surface area contributed by atoms with Gasteiger partial charge >= 0.3 is 0 Å². The van der Waals surface area contributed by atoms with Crippen LogP contribution in [0.25, 0.3) is 10.9 Å².